The molecule has 0 fully saturated rings. The molecule has 9 nitrogen and oxygen atoms in total. The van der Waals surface area contributed by atoms with Crippen molar-refractivity contribution in [2.75, 3.05) is 25.7 Å². The molecule has 0 aliphatic heterocycles. The lowest BCUT2D eigenvalue weighted by atomic mass is 10.1. The lowest BCUT2D eigenvalue weighted by Gasteiger charge is -2.18. The van der Waals surface area contributed by atoms with Crippen molar-refractivity contribution in [3.63, 3.8) is 0 Å². The van der Waals surface area contributed by atoms with Crippen LogP contribution >= 0.6 is 23.3 Å². The minimum Gasteiger partial charge on any atom is -0.504 e. The van der Waals surface area contributed by atoms with E-state index in [-0.39, 0.29) is 27.6 Å². The third kappa shape index (κ3) is 5.32. The number of hydrogen-bond acceptors (Lipinski definition) is 8. The maximum atomic E-state index is 12.3. The second-order valence-corrected chi connectivity index (χ2v) is 10.0. The van der Waals surface area contributed by atoms with E-state index in [1.165, 1.54) is 19.5 Å². The van der Waals surface area contributed by atoms with Gasteiger partial charge in [0.2, 0.25) is 0 Å². The highest BCUT2D eigenvalue weighted by atomic mass is 32.2. The third-order valence-corrected chi connectivity index (χ3v) is 7.62. The van der Waals surface area contributed by atoms with Gasteiger partial charge in [-0.25, -0.2) is 12.7 Å². The van der Waals surface area contributed by atoms with E-state index in [9.17, 15) is 13.5 Å². The average Bonchev–Trinajstić information content (AvgIpc) is 3.25. The molecule has 0 aliphatic rings. The third-order valence-electron chi connectivity index (χ3n) is 3.95. The lowest BCUT2D eigenvalue weighted by molar-refractivity contribution is 0.424. The SMILES string of the molecule is CC[C@@H](NC(=N)/C(=N\SC)Nc1csc(S(=O)(=O)N(C)C)c1O)c1ccc(C)o1. The van der Waals surface area contributed by atoms with Gasteiger partial charge in [-0.3, -0.25) is 5.41 Å². The fourth-order valence-electron chi connectivity index (χ4n) is 2.38. The molecule has 0 radical (unpaired) electrons. The van der Waals surface area contributed by atoms with Gasteiger partial charge in [-0.1, -0.05) is 6.92 Å². The van der Waals surface area contributed by atoms with Gasteiger partial charge in [0.15, 0.2) is 21.6 Å². The van der Waals surface area contributed by atoms with Crippen molar-refractivity contribution in [2.24, 2.45) is 4.40 Å². The highest BCUT2D eigenvalue weighted by Gasteiger charge is 2.27. The molecule has 0 unspecified atom stereocenters. The average molecular weight is 460 g/mol. The monoisotopic (exact) mass is 459 g/mol. The number of thiophene rings is 1. The van der Waals surface area contributed by atoms with Crippen molar-refractivity contribution in [3.05, 3.63) is 29.0 Å². The van der Waals surface area contributed by atoms with Crippen molar-refractivity contribution < 1.29 is 17.9 Å². The molecule has 0 aliphatic carbocycles. The second kappa shape index (κ2) is 9.65. The van der Waals surface area contributed by atoms with Crippen molar-refractivity contribution >= 4 is 50.7 Å². The van der Waals surface area contributed by atoms with Crippen molar-refractivity contribution in [3.8, 4) is 5.75 Å². The molecule has 0 amide bonds. The number of nitrogens with one attached hydrogen (secondary N) is 3. The molecule has 2 aromatic heterocycles. The summed E-state index contributed by atoms with van der Waals surface area (Å²) in [6, 6.07) is 3.48. The predicted octanol–water partition coefficient (Wildman–Crippen LogP) is 3.41. The first-order chi connectivity index (χ1) is 13.6. The molecular formula is C17H25N5O4S3. The summed E-state index contributed by atoms with van der Waals surface area (Å²) in [6.07, 6.45) is 2.41. The Bertz CT molecular complexity index is 995. The second-order valence-electron chi connectivity index (χ2n) is 6.25. The first-order valence-corrected chi connectivity index (χ1v) is 12.1. The Morgan fingerprint density at radius 3 is 2.66 bits per heavy atom. The highest BCUT2D eigenvalue weighted by molar-refractivity contribution is 7.97. The van der Waals surface area contributed by atoms with Gasteiger partial charge in [-0.2, -0.15) is 4.40 Å². The maximum Gasteiger partial charge on any atom is 0.255 e. The van der Waals surface area contributed by atoms with Crippen molar-refractivity contribution in [1.82, 2.24) is 9.62 Å². The van der Waals surface area contributed by atoms with Gasteiger partial charge in [0, 0.05) is 25.7 Å². The number of anilines is 1. The molecule has 0 spiro atoms. The van der Waals surface area contributed by atoms with Gasteiger partial charge >= 0.3 is 0 Å². The van der Waals surface area contributed by atoms with Gasteiger partial charge < -0.3 is 20.2 Å². The Morgan fingerprint density at radius 1 is 1.45 bits per heavy atom. The molecule has 160 valence electrons. The van der Waals surface area contributed by atoms with E-state index < -0.39 is 15.8 Å². The molecule has 0 aromatic carbocycles. The van der Waals surface area contributed by atoms with Crippen LogP contribution in [0.25, 0.3) is 0 Å². The molecule has 1 atom stereocenters. The summed E-state index contributed by atoms with van der Waals surface area (Å²) >= 11 is 2.02. The number of nitrogens with zero attached hydrogens (tertiary/aromatic N) is 2. The molecule has 0 bridgehead atoms. The zero-order chi connectivity index (χ0) is 21.8. The summed E-state index contributed by atoms with van der Waals surface area (Å²) in [5.41, 5.74) is 0.164. The van der Waals surface area contributed by atoms with Crippen LogP contribution in [0.4, 0.5) is 5.69 Å². The summed E-state index contributed by atoms with van der Waals surface area (Å²) in [5, 5.41) is 26.2. The van der Waals surface area contributed by atoms with Gasteiger partial charge in [-0.05, 0) is 37.4 Å². The van der Waals surface area contributed by atoms with Crippen LogP contribution in [0.1, 0.15) is 30.9 Å². The largest absolute Gasteiger partial charge is 0.504 e. The molecule has 2 heterocycles. The van der Waals surface area contributed by atoms with Crippen molar-refractivity contribution in [1.29, 1.82) is 5.41 Å². The van der Waals surface area contributed by atoms with E-state index >= 15 is 0 Å². The molecule has 0 saturated heterocycles. The summed E-state index contributed by atoms with van der Waals surface area (Å²) in [6.45, 7) is 3.81. The number of furan rings is 1. The number of rotatable bonds is 7. The van der Waals surface area contributed by atoms with Crippen LogP contribution in [0.5, 0.6) is 5.75 Å². The number of amidine groups is 2. The highest BCUT2D eigenvalue weighted by Crippen LogP contribution is 2.38. The molecule has 0 saturated carbocycles. The van der Waals surface area contributed by atoms with Gasteiger partial charge in [0.1, 0.15) is 11.5 Å². The fourth-order valence-corrected chi connectivity index (χ4v) is 5.08. The molecule has 2 aromatic rings. The normalized spacial score (nSPS) is 13.5. The molecule has 2 rings (SSSR count). The Hall–Kier alpha value is -2.02. The zero-order valence-corrected chi connectivity index (χ0v) is 19.3. The topological polar surface area (TPSA) is 131 Å². The summed E-state index contributed by atoms with van der Waals surface area (Å²) in [5.74, 6) is 1.22. The van der Waals surface area contributed by atoms with Crippen molar-refractivity contribution in [2.45, 2.75) is 30.5 Å². The van der Waals surface area contributed by atoms with E-state index in [1.807, 2.05) is 26.0 Å². The number of aryl methyl sites for hydroxylation is 1. The van der Waals surface area contributed by atoms with E-state index in [0.717, 1.165) is 33.4 Å². The predicted molar refractivity (Wildman–Crippen MR) is 119 cm³/mol. The van der Waals surface area contributed by atoms with Gasteiger partial charge in [0.25, 0.3) is 10.0 Å². The summed E-state index contributed by atoms with van der Waals surface area (Å²) in [4.78, 5) is 0. The van der Waals surface area contributed by atoms with Crippen LogP contribution in [-0.4, -0.2) is 49.9 Å². The van der Waals surface area contributed by atoms with Crippen LogP contribution in [0, 0.1) is 12.3 Å². The van der Waals surface area contributed by atoms with E-state index in [2.05, 4.69) is 15.0 Å². The van der Waals surface area contributed by atoms with Crippen LogP contribution in [0.15, 0.2) is 30.5 Å². The Morgan fingerprint density at radius 2 is 2.14 bits per heavy atom. The fraction of sp³-hybridized carbons (Fsp3) is 0.412. The standard InChI is InChI=1S/C17H25N5O4S3/c1-6-11(13-8-7-10(2)26-13)19-15(18)16(21-27-5)20-12-9-28-17(14(12)23)29(24,25)22(3)4/h7-9,11,23H,6H2,1-5H3,(H2,18,19)(H,20,21)/t11-/m1/s1. The summed E-state index contributed by atoms with van der Waals surface area (Å²) < 4.78 is 35.3. The number of sulfonamides is 1. The Balaban J connectivity index is 2.24. The molecular weight excluding hydrogens is 434 g/mol. The number of hydrogen-bond donors (Lipinski definition) is 4. The van der Waals surface area contributed by atoms with Gasteiger partial charge in [0.05, 0.1) is 11.7 Å². The lowest BCUT2D eigenvalue weighted by Crippen LogP contribution is -2.37. The smallest absolute Gasteiger partial charge is 0.255 e. The minimum absolute atomic E-state index is 0.0112. The maximum absolute atomic E-state index is 12.3. The van der Waals surface area contributed by atoms with Crippen LogP contribution in [0.3, 0.4) is 0 Å². The number of aromatic hydroxyl groups is 1. The van der Waals surface area contributed by atoms with E-state index in [4.69, 9.17) is 9.83 Å². The molecule has 4 N–H and O–H groups in total. The zero-order valence-electron chi connectivity index (χ0n) is 16.8. The van der Waals surface area contributed by atoms with Crippen LogP contribution < -0.4 is 10.6 Å². The Labute approximate surface area is 178 Å². The van der Waals surface area contributed by atoms with E-state index in [0.29, 0.717) is 12.2 Å². The van der Waals surface area contributed by atoms with Crippen LogP contribution in [0.2, 0.25) is 0 Å². The molecule has 12 heteroatoms. The van der Waals surface area contributed by atoms with E-state index in [1.54, 1.807) is 6.26 Å². The van der Waals surface area contributed by atoms with Crippen LogP contribution in [-0.2, 0) is 10.0 Å². The first-order valence-electron chi connectivity index (χ1n) is 8.64. The first kappa shape index (κ1) is 23.3. The quantitative estimate of drug-likeness (QED) is 0.283. The minimum atomic E-state index is -3.78. The van der Waals surface area contributed by atoms with Gasteiger partial charge in [-0.15, -0.1) is 11.3 Å². The molecule has 29 heavy (non-hydrogen) atoms. The Kier molecular flexibility index (Phi) is 7.74. The summed E-state index contributed by atoms with van der Waals surface area (Å²) in [7, 11) is -0.993.